The van der Waals surface area contributed by atoms with Crippen LogP contribution in [0.2, 0.25) is 0 Å². The van der Waals surface area contributed by atoms with Crippen LogP contribution in [-0.4, -0.2) is 14.2 Å². The molecule has 2 nitrogen and oxygen atoms in total. The Kier molecular flexibility index (Phi) is 4.46. The summed E-state index contributed by atoms with van der Waals surface area (Å²) in [5.74, 6) is 0.904. The Balaban J connectivity index is 2.46. The summed E-state index contributed by atoms with van der Waals surface area (Å²) in [7, 11) is 3.71. The van der Waals surface area contributed by atoms with Crippen LogP contribution in [0, 0.1) is 20.8 Å². The molecule has 0 amide bonds. The van der Waals surface area contributed by atoms with E-state index in [9.17, 15) is 0 Å². The van der Waals surface area contributed by atoms with Crippen LogP contribution in [0.3, 0.4) is 0 Å². The second kappa shape index (κ2) is 6.10. The Bertz CT molecular complexity index is 584. The minimum Gasteiger partial charge on any atom is -0.497 e. The molecule has 0 radical (unpaired) electrons. The highest BCUT2D eigenvalue weighted by Gasteiger charge is 2.15. The molecule has 106 valence electrons. The molecule has 1 unspecified atom stereocenters. The highest BCUT2D eigenvalue weighted by molar-refractivity contribution is 5.42. The van der Waals surface area contributed by atoms with Crippen molar-refractivity contribution in [3.05, 3.63) is 64.2 Å². The molecule has 0 aliphatic rings. The van der Waals surface area contributed by atoms with Gasteiger partial charge in [-0.15, -0.1) is 0 Å². The molecular weight excluding hydrogens is 246 g/mol. The van der Waals surface area contributed by atoms with Gasteiger partial charge in [0.25, 0.3) is 0 Å². The Hall–Kier alpha value is -1.80. The van der Waals surface area contributed by atoms with Crippen molar-refractivity contribution in [3.8, 4) is 5.75 Å². The van der Waals surface area contributed by atoms with Crippen LogP contribution in [0.15, 0.2) is 36.4 Å². The molecule has 0 saturated carbocycles. The number of ether oxygens (including phenoxy) is 1. The summed E-state index contributed by atoms with van der Waals surface area (Å²) in [5, 5.41) is 3.43. The predicted molar refractivity (Wildman–Crippen MR) is 84.5 cm³/mol. The van der Waals surface area contributed by atoms with Crippen LogP contribution in [0.5, 0.6) is 5.75 Å². The smallest absolute Gasteiger partial charge is 0.119 e. The molecule has 20 heavy (non-hydrogen) atoms. The lowest BCUT2D eigenvalue weighted by Crippen LogP contribution is -2.19. The van der Waals surface area contributed by atoms with E-state index in [4.69, 9.17) is 4.74 Å². The molecular formula is C18H23NO. The largest absolute Gasteiger partial charge is 0.497 e. The highest BCUT2D eigenvalue weighted by atomic mass is 16.5. The van der Waals surface area contributed by atoms with Gasteiger partial charge in [0.1, 0.15) is 5.75 Å². The lowest BCUT2D eigenvalue weighted by molar-refractivity contribution is 0.414. The Morgan fingerprint density at radius 2 is 1.60 bits per heavy atom. The molecule has 2 aromatic carbocycles. The van der Waals surface area contributed by atoms with Crippen molar-refractivity contribution in [2.24, 2.45) is 0 Å². The second-order valence-corrected chi connectivity index (χ2v) is 5.37. The van der Waals surface area contributed by atoms with E-state index < -0.39 is 0 Å². The van der Waals surface area contributed by atoms with Gasteiger partial charge in [0, 0.05) is 0 Å². The quantitative estimate of drug-likeness (QED) is 0.908. The zero-order valence-corrected chi connectivity index (χ0v) is 12.9. The topological polar surface area (TPSA) is 21.3 Å². The third kappa shape index (κ3) is 3.02. The SMILES string of the molecule is CNC(c1cc(C)cc(C)c1)c1ccc(OC)cc1C. The maximum atomic E-state index is 5.29. The maximum Gasteiger partial charge on any atom is 0.119 e. The molecule has 0 spiro atoms. The average Bonchev–Trinajstić information content (AvgIpc) is 2.40. The van der Waals surface area contributed by atoms with E-state index in [1.54, 1.807) is 7.11 Å². The Morgan fingerprint density at radius 1 is 0.950 bits per heavy atom. The summed E-state index contributed by atoms with van der Waals surface area (Å²) < 4.78 is 5.29. The molecule has 1 atom stereocenters. The number of methoxy groups -OCH3 is 1. The first-order valence-corrected chi connectivity index (χ1v) is 6.95. The first-order valence-electron chi connectivity index (χ1n) is 6.95. The molecule has 0 fully saturated rings. The molecule has 0 aromatic heterocycles. The number of benzene rings is 2. The van der Waals surface area contributed by atoms with Crippen LogP contribution in [0.1, 0.15) is 33.9 Å². The zero-order valence-electron chi connectivity index (χ0n) is 12.9. The van der Waals surface area contributed by atoms with Crippen LogP contribution in [0.4, 0.5) is 0 Å². The number of aryl methyl sites for hydroxylation is 3. The van der Waals surface area contributed by atoms with E-state index in [1.807, 2.05) is 13.1 Å². The third-order valence-corrected chi connectivity index (χ3v) is 3.65. The van der Waals surface area contributed by atoms with Crippen molar-refractivity contribution >= 4 is 0 Å². The summed E-state index contributed by atoms with van der Waals surface area (Å²) in [6, 6.07) is 13.2. The summed E-state index contributed by atoms with van der Waals surface area (Å²) in [4.78, 5) is 0. The van der Waals surface area contributed by atoms with Crippen molar-refractivity contribution in [2.45, 2.75) is 26.8 Å². The van der Waals surface area contributed by atoms with Gasteiger partial charge < -0.3 is 10.1 Å². The summed E-state index contributed by atoms with van der Waals surface area (Å²) in [6.07, 6.45) is 0. The van der Waals surface area contributed by atoms with Crippen molar-refractivity contribution in [1.29, 1.82) is 0 Å². The molecule has 2 aromatic rings. The monoisotopic (exact) mass is 269 g/mol. The average molecular weight is 269 g/mol. The van der Waals surface area contributed by atoms with Gasteiger partial charge in [0.15, 0.2) is 0 Å². The Labute approximate surface area is 121 Å². The minimum atomic E-state index is 0.208. The summed E-state index contributed by atoms with van der Waals surface area (Å²) in [6.45, 7) is 6.42. The molecule has 0 aliphatic heterocycles. The van der Waals surface area contributed by atoms with Crippen LogP contribution >= 0.6 is 0 Å². The van der Waals surface area contributed by atoms with Crippen molar-refractivity contribution in [3.63, 3.8) is 0 Å². The van der Waals surface area contributed by atoms with Gasteiger partial charge in [-0.2, -0.15) is 0 Å². The van der Waals surface area contributed by atoms with Gasteiger partial charge in [-0.05, 0) is 56.6 Å². The van der Waals surface area contributed by atoms with E-state index in [2.05, 4.69) is 56.4 Å². The zero-order chi connectivity index (χ0) is 14.7. The number of hydrogen-bond acceptors (Lipinski definition) is 2. The highest BCUT2D eigenvalue weighted by Crippen LogP contribution is 2.28. The fraction of sp³-hybridized carbons (Fsp3) is 0.333. The van der Waals surface area contributed by atoms with Gasteiger partial charge in [-0.25, -0.2) is 0 Å². The first-order chi connectivity index (χ1) is 9.55. The van der Waals surface area contributed by atoms with Crippen molar-refractivity contribution < 1.29 is 4.74 Å². The number of nitrogens with one attached hydrogen (secondary N) is 1. The standard InChI is InChI=1S/C18H23NO/c1-12-8-13(2)10-15(9-12)18(19-4)17-7-6-16(20-5)11-14(17)3/h6-11,18-19H,1-5H3. The molecule has 1 N–H and O–H groups in total. The molecule has 0 heterocycles. The molecule has 0 aliphatic carbocycles. The van der Waals surface area contributed by atoms with Crippen LogP contribution < -0.4 is 10.1 Å². The molecule has 2 heteroatoms. The van der Waals surface area contributed by atoms with E-state index in [-0.39, 0.29) is 6.04 Å². The lowest BCUT2D eigenvalue weighted by Gasteiger charge is -2.21. The van der Waals surface area contributed by atoms with Crippen molar-refractivity contribution in [1.82, 2.24) is 5.32 Å². The maximum absolute atomic E-state index is 5.29. The van der Waals surface area contributed by atoms with E-state index in [0.29, 0.717) is 0 Å². The van der Waals surface area contributed by atoms with Gasteiger partial charge >= 0.3 is 0 Å². The van der Waals surface area contributed by atoms with Gasteiger partial charge in [0.2, 0.25) is 0 Å². The summed E-state index contributed by atoms with van der Waals surface area (Å²) in [5.41, 5.74) is 6.43. The first kappa shape index (κ1) is 14.6. The second-order valence-electron chi connectivity index (χ2n) is 5.37. The molecule has 0 bridgehead atoms. The predicted octanol–water partition coefficient (Wildman–Crippen LogP) is 3.93. The number of rotatable bonds is 4. The van der Waals surface area contributed by atoms with E-state index in [1.165, 1.54) is 27.8 Å². The van der Waals surface area contributed by atoms with Crippen LogP contribution in [0.25, 0.3) is 0 Å². The lowest BCUT2D eigenvalue weighted by atomic mass is 9.93. The fourth-order valence-corrected chi connectivity index (χ4v) is 2.78. The molecule has 2 rings (SSSR count). The van der Waals surface area contributed by atoms with E-state index >= 15 is 0 Å². The normalized spacial score (nSPS) is 12.2. The van der Waals surface area contributed by atoms with E-state index in [0.717, 1.165) is 5.75 Å². The number of hydrogen-bond donors (Lipinski definition) is 1. The minimum absolute atomic E-state index is 0.208. The Morgan fingerprint density at radius 3 is 2.10 bits per heavy atom. The van der Waals surface area contributed by atoms with Gasteiger partial charge in [-0.3, -0.25) is 0 Å². The van der Waals surface area contributed by atoms with Crippen molar-refractivity contribution in [2.75, 3.05) is 14.2 Å². The third-order valence-electron chi connectivity index (χ3n) is 3.65. The van der Waals surface area contributed by atoms with Gasteiger partial charge in [0.05, 0.1) is 13.2 Å². The summed E-state index contributed by atoms with van der Waals surface area (Å²) >= 11 is 0. The van der Waals surface area contributed by atoms with Crippen LogP contribution in [-0.2, 0) is 0 Å². The molecule has 0 saturated heterocycles. The fourth-order valence-electron chi connectivity index (χ4n) is 2.78. The van der Waals surface area contributed by atoms with Gasteiger partial charge in [-0.1, -0.05) is 35.4 Å².